The van der Waals surface area contributed by atoms with Gasteiger partial charge in [-0.3, -0.25) is 0 Å². The number of hydrogen-bond donors (Lipinski definition) is 1. The maximum Gasteiger partial charge on any atom is 0.123 e. The molecule has 0 radical (unpaired) electrons. The highest BCUT2D eigenvalue weighted by Gasteiger charge is 2.13. The van der Waals surface area contributed by atoms with Gasteiger partial charge in [0.05, 0.1) is 0 Å². The van der Waals surface area contributed by atoms with E-state index in [1.165, 1.54) is 25.3 Å². The molecule has 1 aromatic carbocycles. The number of unbranched alkanes of at least 4 members (excludes halogenated alkanes) is 1. The summed E-state index contributed by atoms with van der Waals surface area (Å²) < 4.78 is 13.1. The van der Waals surface area contributed by atoms with Crippen molar-refractivity contribution in [2.24, 2.45) is 11.7 Å². The fourth-order valence-corrected chi connectivity index (χ4v) is 2.21. The molecule has 0 saturated carbocycles. The monoisotopic (exact) mass is 237 g/mol. The zero-order valence-electron chi connectivity index (χ0n) is 11.0. The van der Waals surface area contributed by atoms with Crippen LogP contribution in [-0.2, 0) is 0 Å². The van der Waals surface area contributed by atoms with Crippen molar-refractivity contribution in [3.8, 4) is 0 Å². The van der Waals surface area contributed by atoms with Gasteiger partial charge >= 0.3 is 0 Å². The van der Waals surface area contributed by atoms with Crippen molar-refractivity contribution in [1.29, 1.82) is 0 Å². The highest BCUT2D eigenvalue weighted by atomic mass is 19.1. The third-order valence-electron chi connectivity index (χ3n) is 3.41. The molecule has 0 aliphatic rings. The highest BCUT2D eigenvalue weighted by Crippen LogP contribution is 2.25. The SMILES string of the molecule is CCCCC(CC)CC(N)c1cccc(F)c1. The number of rotatable bonds is 7. The lowest BCUT2D eigenvalue weighted by atomic mass is 9.89. The van der Waals surface area contributed by atoms with E-state index < -0.39 is 0 Å². The van der Waals surface area contributed by atoms with Gasteiger partial charge in [-0.05, 0) is 30.0 Å². The van der Waals surface area contributed by atoms with Crippen LogP contribution >= 0.6 is 0 Å². The van der Waals surface area contributed by atoms with E-state index in [2.05, 4.69) is 13.8 Å². The first kappa shape index (κ1) is 14.2. The first-order valence-electron chi connectivity index (χ1n) is 6.68. The zero-order valence-corrected chi connectivity index (χ0v) is 11.0. The van der Waals surface area contributed by atoms with Gasteiger partial charge in [0, 0.05) is 6.04 Å². The minimum atomic E-state index is -0.195. The summed E-state index contributed by atoms with van der Waals surface area (Å²) in [5.74, 6) is 0.466. The second kappa shape index (κ2) is 7.44. The molecule has 2 atom stereocenters. The van der Waals surface area contributed by atoms with Crippen LogP contribution in [0.2, 0.25) is 0 Å². The lowest BCUT2D eigenvalue weighted by Crippen LogP contribution is -2.15. The first-order valence-corrected chi connectivity index (χ1v) is 6.68. The second-order valence-electron chi connectivity index (χ2n) is 4.81. The lowest BCUT2D eigenvalue weighted by Gasteiger charge is -2.19. The van der Waals surface area contributed by atoms with Crippen molar-refractivity contribution in [2.45, 2.75) is 52.0 Å². The van der Waals surface area contributed by atoms with Crippen molar-refractivity contribution >= 4 is 0 Å². The van der Waals surface area contributed by atoms with Crippen molar-refractivity contribution < 1.29 is 4.39 Å². The quantitative estimate of drug-likeness (QED) is 0.745. The van der Waals surface area contributed by atoms with Crippen molar-refractivity contribution in [3.05, 3.63) is 35.6 Å². The van der Waals surface area contributed by atoms with Crippen LogP contribution in [0.3, 0.4) is 0 Å². The third-order valence-corrected chi connectivity index (χ3v) is 3.41. The number of nitrogens with two attached hydrogens (primary N) is 1. The predicted molar refractivity (Wildman–Crippen MR) is 71.3 cm³/mol. The van der Waals surface area contributed by atoms with Crippen LogP contribution in [0, 0.1) is 11.7 Å². The molecule has 2 heteroatoms. The molecule has 0 amide bonds. The minimum absolute atomic E-state index is 0.0347. The van der Waals surface area contributed by atoms with Gasteiger partial charge in [0.1, 0.15) is 5.82 Å². The third kappa shape index (κ3) is 4.86. The number of benzene rings is 1. The van der Waals surface area contributed by atoms with Gasteiger partial charge in [-0.1, -0.05) is 51.7 Å². The van der Waals surface area contributed by atoms with E-state index in [9.17, 15) is 4.39 Å². The Labute approximate surface area is 104 Å². The molecule has 1 aromatic rings. The Kier molecular flexibility index (Phi) is 6.20. The molecule has 1 rings (SSSR count). The molecule has 0 heterocycles. The molecular weight excluding hydrogens is 213 g/mol. The average Bonchev–Trinajstić information content (AvgIpc) is 2.34. The summed E-state index contributed by atoms with van der Waals surface area (Å²) in [7, 11) is 0. The molecule has 17 heavy (non-hydrogen) atoms. The fourth-order valence-electron chi connectivity index (χ4n) is 2.21. The van der Waals surface area contributed by atoms with E-state index in [-0.39, 0.29) is 11.9 Å². The van der Waals surface area contributed by atoms with Crippen molar-refractivity contribution in [1.82, 2.24) is 0 Å². The molecule has 0 aromatic heterocycles. The second-order valence-corrected chi connectivity index (χ2v) is 4.81. The Morgan fingerprint density at radius 1 is 1.29 bits per heavy atom. The van der Waals surface area contributed by atoms with Gasteiger partial charge in [-0.2, -0.15) is 0 Å². The van der Waals surface area contributed by atoms with Gasteiger partial charge in [-0.25, -0.2) is 4.39 Å². The van der Waals surface area contributed by atoms with E-state index in [1.54, 1.807) is 12.1 Å². The summed E-state index contributed by atoms with van der Waals surface area (Å²) in [5, 5.41) is 0. The summed E-state index contributed by atoms with van der Waals surface area (Å²) in [6.07, 6.45) is 5.83. The number of halogens is 1. The standard InChI is InChI=1S/C15H24FN/c1-3-5-7-12(4-2)10-15(17)13-8-6-9-14(16)11-13/h6,8-9,11-12,15H,3-5,7,10,17H2,1-2H3. The zero-order chi connectivity index (χ0) is 12.7. The molecule has 0 aliphatic heterocycles. The van der Waals surface area contributed by atoms with Crippen LogP contribution < -0.4 is 5.73 Å². The number of hydrogen-bond acceptors (Lipinski definition) is 1. The molecular formula is C15H24FN. The molecule has 2 N–H and O–H groups in total. The lowest BCUT2D eigenvalue weighted by molar-refractivity contribution is 0.388. The molecule has 2 unspecified atom stereocenters. The minimum Gasteiger partial charge on any atom is -0.324 e. The highest BCUT2D eigenvalue weighted by molar-refractivity contribution is 5.19. The molecule has 1 nitrogen and oxygen atoms in total. The van der Waals surface area contributed by atoms with E-state index in [1.807, 2.05) is 6.07 Å². The van der Waals surface area contributed by atoms with E-state index in [4.69, 9.17) is 5.73 Å². The Morgan fingerprint density at radius 2 is 2.06 bits per heavy atom. The predicted octanol–water partition coefficient (Wildman–Crippen LogP) is 4.43. The van der Waals surface area contributed by atoms with Crippen LogP contribution in [0.25, 0.3) is 0 Å². The maximum atomic E-state index is 13.1. The smallest absolute Gasteiger partial charge is 0.123 e. The van der Waals surface area contributed by atoms with Gasteiger partial charge in [0.25, 0.3) is 0 Å². The molecule has 0 saturated heterocycles. The van der Waals surface area contributed by atoms with Gasteiger partial charge < -0.3 is 5.73 Å². The molecule has 96 valence electrons. The summed E-state index contributed by atoms with van der Waals surface area (Å²) in [4.78, 5) is 0. The maximum absolute atomic E-state index is 13.1. The van der Waals surface area contributed by atoms with Crippen LogP contribution in [0.5, 0.6) is 0 Å². The molecule has 0 spiro atoms. The summed E-state index contributed by atoms with van der Waals surface area (Å²) >= 11 is 0. The van der Waals surface area contributed by atoms with E-state index >= 15 is 0 Å². The van der Waals surface area contributed by atoms with Crippen LogP contribution in [-0.4, -0.2) is 0 Å². The van der Waals surface area contributed by atoms with E-state index in [0.29, 0.717) is 5.92 Å². The summed E-state index contributed by atoms with van der Waals surface area (Å²) in [6.45, 7) is 4.41. The van der Waals surface area contributed by atoms with Gasteiger partial charge in [0.2, 0.25) is 0 Å². The Morgan fingerprint density at radius 3 is 2.65 bits per heavy atom. The summed E-state index contributed by atoms with van der Waals surface area (Å²) in [5.41, 5.74) is 7.06. The Balaban J connectivity index is 2.54. The van der Waals surface area contributed by atoms with Gasteiger partial charge in [0.15, 0.2) is 0 Å². The Bertz CT molecular complexity index is 324. The first-order chi connectivity index (χ1) is 8.17. The molecule has 0 fully saturated rings. The normalized spacial score (nSPS) is 14.6. The summed E-state index contributed by atoms with van der Waals surface area (Å²) in [6, 6.07) is 6.63. The largest absolute Gasteiger partial charge is 0.324 e. The van der Waals surface area contributed by atoms with E-state index in [0.717, 1.165) is 18.4 Å². The fraction of sp³-hybridized carbons (Fsp3) is 0.600. The topological polar surface area (TPSA) is 26.0 Å². The van der Waals surface area contributed by atoms with Crippen LogP contribution in [0.15, 0.2) is 24.3 Å². The van der Waals surface area contributed by atoms with Crippen LogP contribution in [0.1, 0.15) is 57.6 Å². The average molecular weight is 237 g/mol. The van der Waals surface area contributed by atoms with Crippen LogP contribution in [0.4, 0.5) is 4.39 Å². The van der Waals surface area contributed by atoms with Crippen molar-refractivity contribution in [2.75, 3.05) is 0 Å². The molecule has 0 aliphatic carbocycles. The van der Waals surface area contributed by atoms with Gasteiger partial charge in [-0.15, -0.1) is 0 Å². The van der Waals surface area contributed by atoms with Crippen molar-refractivity contribution in [3.63, 3.8) is 0 Å². The Hall–Kier alpha value is -0.890. The molecule has 0 bridgehead atoms.